The normalized spacial score (nSPS) is 24.3. The van der Waals surface area contributed by atoms with Gasteiger partial charge in [-0.25, -0.2) is 0 Å². The summed E-state index contributed by atoms with van der Waals surface area (Å²) >= 11 is 0. The van der Waals surface area contributed by atoms with E-state index in [2.05, 4.69) is 10.2 Å². The molecule has 0 radical (unpaired) electrons. The third kappa shape index (κ3) is 3.95. The summed E-state index contributed by atoms with van der Waals surface area (Å²) < 4.78 is 0. The number of hydrogen-bond acceptors (Lipinski definition) is 4. The minimum Gasteiger partial charge on any atom is -0.370 e. The topological polar surface area (TPSA) is 101 Å². The molecule has 0 unspecified atom stereocenters. The van der Waals surface area contributed by atoms with E-state index in [-0.39, 0.29) is 23.7 Å². The predicted octanol–water partition coefficient (Wildman–Crippen LogP) is 1.70. The second-order valence-electron chi connectivity index (χ2n) is 7.20. The fourth-order valence-corrected chi connectivity index (χ4v) is 4.15. The number of nitrogens with zero attached hydrogens (tertiary/aromatic N) is 1. The largest absolute Gasteiger partial charge is 0.370 e. The molecule has 5 N–H and O–H groups in total. The Balaban J connectivity index is 1.69. The highest BCUT2D eigenvalue weighted by molar-refractivity contribution is 5.96. The molecule has 2 aliphatic rings. The summed E-state index contributed by atoms with van der Waals surface area (Å²) in [5.74, 6) is 0.127. The van der Waals surface area contributed by atoms with Crippen molar-refractivity contribution in [2.45, 2.75) is 32.1 Å². The number of carbonyl (C=O) groups is 2. The first-order valence-electron chi connectivity index (χ1n) is 9.24. The molecule has 3 rings (SSSR count). The molecule has 1 aliphatic heterocycles. The number of carbonyl (C=O) groups excluding carboxylic acids is 2. The average molecular weight is 344 g/mol. The van der Waals surface area contributed by atoms with Crippen molar-refractivity contribution in [1.29, 1.82) is 0 Å². The van der Waals surface area contributed by atoms with Crippen molar-refractivity contribution in [1.82, 2.24) is 0 Å². The van der Waals surface area contributed by atoms with Gasteiger partial charge in [-0.15, -0.1) is 0 Å². The number of nitrogens with two attached hydrogens (primary N) is 2. The van der Waals surface area contributed by atoms with Crippen molar-refractivity contribution in [2.24, 2.45) is 29.2 Å². The van der Waals surface area contributed by atoms with E-state index < -0.39 is 0 Å². The quantitative estimate of drug-likeness (QED) is 0.756. The van der Waals surface area contributed by atoms with Crippen LogP contribution in [0.1, 0.15) is 32.1 Å². The number of nitrogens with one attached hydrogen (secondary N) is 1. The van der Waals surface area contributed by atoms with E-state index in [0.29, 0.717) is 12.5 Å². The van der Waals surface area contributed by atoms with Gasteiger partial charge in [0.05, 0.1) is 11.4 Å². The number of primary amides is 1. The minimum absolute atomic E-state index is 0.0126. The fourth-order valence-electron chi connectivity index (χ4n) is 4.15. The van der Waals surface area contributed by atoms with Gasteiger partial charge in [0.1, 0.15) is 0 Å². The maximum atomic E-state index is 12.7. The smallest absolute Gasteiger partial charge is 0.227 e. The Morgan fingerprint density at radius 1 is 1.12 bits per heavy atom. The fraction of sp³-hybridized carbons (Fsp3) is 0.579. The van der Waals surface area contributed by atoms with Crippen molar-refractivity contribution in [3.8, 4) is 0 Å². The Morgan fingerprint density at radius 2 is 1.84 bits per heavy atom. The molecule has 0 bridgehead atoms. The Hall–Kier alpha value is -2.08. The number of anilines is 2. The monoisotopic (exact) mass is 344 g/mol. The van der Waals surface area contributed by atoms with Crippen LogP contribution < -0.4 is 21.7 Å². The van der Waals surface area contributed by atoms with E-state index in [1.54, 1.807) is 0 Å². The number of piperidine rings is 1. The van der Waals surface area contributed by atoms with Crippen LogP contribution in [0, 0.1) is 17.8 Å². The Kier molecular flexibility index (Phi) is 5.58. The van der Waals surface area contributed by atoms with E-state index >= 15 is 0 Å². The maximum absolute atomic E-state index is 12.7. The lowest BCUT2D eigenvalue weighted by molar-refractivity contribution is -0.122. The van der Waals surface area contributed by atoms with Crippen molar-refractivity contribution in [2.75, 3.05) is 29.9 Å². The maximum Gasteiger partial charge on any atom is 0.227 e. The van der Waals surface area contributed by atoms with Gasteiger partial charge in [-0.1, -0.05) is 18.6 Å². The highest BCUT2D eigenvalue weighted by Crippen LogP contribution is 2.34. The van der Waals surface area contributed by atoms with Gasteiger partial charge in [-0.05, 0) is 50.3 Å². The molecule has 0 spiro atoms. The third-order valence-electron chi connectivity index (χ3n) is 5.70. The van der Waals surface area contributed by atoms with Gasteiger partial charge >= 0.3 is 0 Å². The summed E-state index contributed by atoms with van der Waals surface area (Å²) in [6, 6.07) is 7.88. The highest BCUT2D eigenvalue weighted by atomic mass is 16.2. The molecule has 1 saturated carbocycles. The molecule has 2 amide bonds. The van der Waals surface area contributed by atoms with E-state index in [0.717, 1.165) is 56.6 Å². The molecule has 6 heteroatoms. The van der Waals surface area contributed by atoms with E-state index in [9.17, 15) is 9.59 Å². The molecular weight excluding hydrogens is 316 g/mol. The lowest BCUT2D eigenvalue weighted by Crippen LogP contribution is -2.39. The van der Waals surface area contributed by atoms with Gasteiger partial charge in [0.2, 0.25) is 11.8 Å². The lowest BCUT2D eigenvalue weighted by atomic mass is 9.95. The van der Waals surface area contributed by atoms with Crippen molar-refractivity contribution in [3.05, 3.63) is 24.3 Å². The molecule has 1 aliphatic carbocycles. The summed E-state index contributed by atoms with van der Waals surface area (Å²) in [6.45, 7) is 2.12. The van der Waals surface area contributed by atoms with Crippen LogP contribution in [0.25, 0.3) is 0 Å². The lowest BCUT2D eigenvalue weighted by Gasteiger charge is -2.33. The van der Waals surface area contributed by atoms with Crippen LogP contribution in [0.5, 0.6) is 0 Å². The van der Waals surface area contributed by atoms with Gasteiger partial charge in [-0.2, -0.15) is 0 Å². The number of para-hydroxylation sites is 2. The molecule has 1 heterocycles. The van der Waals surface area contributed by atoms with Crippen LogP contribution in [0.3, 0.4) is 0 Å². The summed E-state index contributed by atoms with van der Waals surface area (Å²) in [6.07, 6.45) is 4.55. The molecule has 6 nitrogen and oxygen atoms in total. The zero-order valence-electron chi connectivity index (χ0n) is 14.6. The second-order valence-corrected chi connectivity index (χ2v) is 7.20. The summed E-state index contributed by atoms with van der Waals surface area (Å²) in [7, 11) is 0. The minimum atomic E-state index is -0.213. The van der Waals surface area contributed by atoms with E-state index in [1.807, 2.05) is 24.3 Å². The highest BCUT2D eigenvalue weighted by Gasteiger charge is 2.32. The van der Waals surface area contributed by atoms with Crippen LogP contribution >= 0.6 is 0 Å². The van der Waals surface area contributed by atoms with Crippen LogP contribution in [0.15, 0.2) is 24.3 Å². The van der Waals surface area contributed by atoms with Gasteiger partial charge < -0.3 is 21.7 Å². The van der Waals surface area contributed by atoms with Crippen LogP contribution in [0.4, 0.5) is 11.4 Å². The number of hydrogen-bond donors (Lipinski definition) is 3. The first kappa shape index (κ1) is 17.7. The van der Waals surface area contributed by atoms with Crippen LogP contribution in [-0.2, 0) is 9.59 Å². The van der Waals surface area contributed by atoms with Gasteiger partial charge in [0, 0.05) is 24.9 Å². The Labute approximate surface area is 148 Å². The summed E-state index contributed by atoms with van der Waals surface area (Å²) in [5, 5.41) is 3.12. The molecule has 1 aromatic carbocycles. The predicted molar refractivity (Wildman–Crippen MR) is 99.1 cm³/mol. The molecule has 25 heavy (non-hydrogen) atoms. The molecular formula is C19H28N4O2. The summed E-state index contributed by atoms with van der Waals surface area (Å²) in [5.41, 5.74) is 13.1. The number of rotatable bonds is 5. The first-order chi connectivity index (χ1) is 12.1. The SMILES string of the molecule is NC[C@H]1CCC[C@H]1C(=O)Nc1ccccc1N1CCC(C(N)=O)CC1. The first-order valence-corrected chi connectivity index (χ1v) is 9.24. The van der Waals surface area contributed by atoms with E-state index in [4.69, 9.17) is 11.5 Å². The molecule has 1 saturated heterocycles. The average Bonchev–Trinajstić information content (AvgIpc) is 3.11. The zero-order chi connectivity index (χ0) is 17.8. The standard InChI is InChI=1S/C19H28N4O2/c20-12-14-4-3-5-15(14)19(25)22-16-6-1-2-7-17(16)23-10-8-13(9-11-23)18(21)24/h1-2,6-7,13-15H,3-5,8-12,20H2,(H2,21,24)(H,22,25)/t14-,15-/m1/s1. The molecule has 0 aromatic heterocycles. The Morgan fingerprint density at radius 3 is 2.52 bits per heavy atom. The van der Waals surface area contributed by atoms with E-state index in [1.165, 1.54) is 0 Å². The van der Waals surface area contributed by atoms with Gasteiger partial charge in [0.25, 0.3) is 0 Å². The molecule has 2 fully saturated rings. The van der Waals surface area contributed by atoms with Crippen LogP contribution in [-0.4, -0.2) is 31.4 Å². The van der Waals surface area contributed by atoms with Crippen LogP contribution in [0.2, 0.25) is 0 Å². The number of amides is 2. The molecule has 136 valence electrons. The van der Waals surface area contributed by atoms with Crippen molar-refractivity contribution in [3.63, 3.8) is 0 Å². The van der Waals surface area contributed by atoms with Gasteiger partial charge in [0.15, 0.2) is 0 Å². The Bertz CT molecular complexity index is 626. The number of benzene rings is 1. The zero-order valence-corrected chi connectivity index (χ0v) is 14.6. The summed E-state index contributed by atoms with van der Waals surface area (Å²) in [4.78, 5) is 26.3. The van der Waals surface area contributed by atoms with Crippen molar-refractivity contribution >= 4 is 23.2 Å². The molecule has 2 atom stereocenters. The second kappa shape index (κ2) is 7.87. The van der Waals surface area contributed by atoms with Gasteiger partial charge in [-0.3, -0.25) is 9.59 Å². The molecule has 1 aromatic rings. The van der Waals surface area contributed by atoms with Crippen molar-refractivity contribution < 1.29 is 9.59 Å². The third-order valence-corrected chi connectivity index (χ3v) is 5.70.